The monoisotopic (exact) mass is 715 g/mol. The second-order valence-corrected chi connectivity index (χ2v) is 14.0. The molecule has 1 saturated carbocycles. The first-order valence-electron chi connectivity index (χ1n) is 14.4. The Balaban J connectivity index is 1.66. The van der Waals surface area contributed by atoms with E-state index in [1.165, 1.54) is 75.4 Å². The zero-order chi connectivity index (χ0) is 34.6. The average Bonchev–Trinajstić information content (AvgIpc) is 3.85. The number of halogens is 4. The molecule has 254 valence electrons. The standard InChI is InChI=1S/C31H33Cl2F2N3O8S/c1-18(37(4)47(42,43)22-7-5-6-21(12-22)29(39)36(2)3)30(40)45-27(14-23-24(32)15-38(41)16-25(23)33)20-10-11-26(46-31(34)35)28(13-20)44-17-19-8-9-19/h5-7,10-13,15-16,18-19,27,31H,8-9,14,17H2,1-4H3/t18-,27+/m0/s1. The van der Waals surface area contributed by atoms with E-state index >= 15 is 0 Å². The lowest BCUT2D eigenvalue weighted by Gasteiger charge is -2.27. The van der Waals surface area contributed by atoms with E-state index in [9.17, 15) is 32.0 Å². The summed E-state index contributed by atoms with van der Waals surface area (Å²) in [5.41, 5.74) is 0.640. The minimum Gasteiger partial charge on any atom is -0.619 e. The number of carbonyl (C=O) groups is 2. The van der Waals surface area contributed by atoms with Gasteiger partial charge in [-0.2, -0.15) is 17.8 Å². The first-order valence-corrected chi connectivity index (χ1v) is 16.6. The Morgan fingerprint density at radius 1 is 1.04 bits per heavy atom. The number of hydrogen-bond acceptors (Lipinski definition) is 8. The Labute approximate surface area is 281 Å². The summed E-state index contributed by atoms with van der Waals surface area (Å²) < 4.78 is 70.8. The Hall–Kier alpha value is -3.72. The number of benzene rings is 2. The van der Waals surface area contributed by atoms with Gasteiger partial charge in [0.2, 0.25) is 10.0 Å². The first-order chi connectivity index (χ1) is 22.1. The van der Waals surface area contributed by atoms with E-state index in [4.69, 9.17) is 32.7 Å². The maximum atomic E-state index is 13.6. The van der Waals surface area contributed by atoms with E-state index in [2.05, 4.69) is 4.74 Å². The highest BCUT2D eigenvalue weighted by Crippen LogP contribution is 2.38. The van der Waals surface area contributed by atoms with Crippen molar-refractivity contribution in [1.29, 1.82) is 0 Å². The molecule has 0 N–H and O–H groups in total. The normalized spacial score (nSPS) is 14.5. The molecular formula is C31H33Cl2F2N3O8S. The van der Waals surface area contributed by atoms with Crippen molar-refractivity contribution in [3.05, 3.63) is 86.8 Å². The van der Waals surface area contributed by atoms with Crippen LogP contribution in [0.25, 0.3) is 0 Å². The molecule has 3 aromatic rings. The van der Waals surface area contributed by atoms with E-state index in [-0.39, 0.29) is 62.1 Å². The van der Waals surface area contributed by atoms with Gasteiger partial charge < -0.3 is 24.3 Å². The van der Waals surface area contributed by atoms with Crippen LogP contribution in [0.1, 0.15) is 47.4 Å². The number of alkyl halides is 2. The number of aromatic nitrogens is 1. The van der Waals surface area contributed by atoms with Gasteiger partial charge in [-0.25, -0.2) is 8.42 Å². The molecule has 0 spiro atoms. The predicted molar refractivity (Wildman–Crippen MR) is 168 cm³/mol. The number of rotatable bonds is 14. The second kappa shape index (κ2) is 15.0. The molecule has 2 aromatic carbocycles. The third-order valence-corrected chi connectivity index (χ3v) is 10.1. The molecule has 16 heteroatoms. The Bertz CT molecular complexity index is 1720. The Morgan fingerprint density at radius 3 is 2.30 bits per heavy atom. The minimum absolute atomic E-state index is 0.0155. The number of pyridine rings is 1. The molecule has 0 bridgehead atoms. The first kappa shape index (κ1) is 36.1. The van der Waals surface area contributed by atoms with Crippen molar-refractivity contribution in [3.63, 3.8) is 0 Å². The maximum absolute atomic E-state index is 13.6. The van der Waals surface area contributed by atoms with E-state index in [1.807, 2.05) is 0 Å². The number of ether oxygens (including phenoxy) is 3. The lowest BCUT2D eigenvalue weighted by atomic mass is 10.0. The molecule has 1 aliphatic rings. The number of sulfonamides is 1. The van der Waals surface area contributed by atoms with Gasteiger partial charge in [-0.05, 0) is 61.6 Å². The average molecular weight is 717 g/mol. The van der Waals surface area contributed by atoms with Crippen LogP contribution in [0.5, 0.6) is 11.5 Å². The molecule has 1 heterocycles. The van der Waals surface area contributed by atoms with E-state index in [0.29, 0.717) is 4.73 Å². The molecule has 1 aromatic heterocycles. The number of nitrogens with zero attached hydrogens (tertiary/aromatic N) is 3. The van der Waals surface area contributed by atoms with Crippen LogP contribution in [0.3, 0.4) is 0 Å². The summed E-state index contributed by atoms with van der Waals surface area (Å²) in [6, 6.07) is 8.03. The summed E-state index contributed by atoms with van der Waals surface area (Å²) in [6.45, 7) is -1.55. The molecule has 0 unspecified atom stereocenters. The number of esters is 1. The molecule has 0 saturated heterocycles. The van der Waals surface area contributed by atoms with Crippen molar-refractivity contribution in [1.82, 2.24) is 9.21 Å². The predicted octanol–water partition coefficient (Wildman–Crippen LogP) is 5.26. The molecular weight excluding hydrogens is 683 g/mol. The van der Waals surface area contributed by atoms with Gasteiger partial charge >= 0.3 is 12.6 Å². The molecule has 47 heavy (non-hydrogen) atoms. The van der Waals surface area contributed by atoms with Gasteiger partial charge in [-0.3, -0.25) is 9.59 Å². The highest BCUT2D eigenvalue weighted by molar-refractivity contribution is 7.89. The molecule has 2 atom stereocenters. The summed E-state index contributed by atoms with van der Waals surface area (Å²) in [7, 11) is -0.0566. The quantitative estimate of drug-likeness (QED) is 0.126. The maximum Gasteiger partial charge on any atom is 0.387 e. The van der Waals surface area contributed by atoms with Crippen molar-refractivity contribution in [2.45, 2.75) is 49.8 Å². The van der Waals surface area contributed by atoms with Crippen LogP contribution in [-0.4, -0.2) is 69.9 Å². The molecule has 1 aliphatic carbocycles. The number of likely N-dealkylation sites (N-methyl/N-ethyl adjacent to an activating group) is 1. The molecule has 4 rings (SSSR count). The smallest absolute Gasteiger partial charge is 0.387 e. The fourth-order valence-electron chi connectivity index (χ4n) is 4.47. The van der Waals surface area contributed by atoms with E-state index in [0.717, 1.165) is 29.5 Å². The van der Waals surface area contributed by atoms with Gasteiger partial charge in [-0.1, -0.05) is 35.3 Å². The van der Waals surface area contributed by atoms with Crippen LogP contribution < -0.4 is 14.2 Å². The van der Waals surface area contributed by atoms with Crippen LogP contribution in [0.15, 0.2) is 59.8 Å². The van der Waals surface area contributed by atoms with Gasteiger partial charge in [-0.15, -0.1) is 0 Å². The molecule has 1 amide bonds. The lowest BCUT2D eigenvalue weighted by molar-refractivity contribution is -0.605. The fraction of sp³-hybridized carbons (Fsp3) is 0.387. The van der Waals surface area contributed by atoms with E-state index < -0.39 is 40.7 Å². The van der Waals surface area contributed by atoms with Crippen molar-refractivity contribution >= 4 is 45.1 Å². The fourth-order valence-corrected chi connectivity index (χ4v) is 6.43. The third-order valence-electron chi connectivity index (χ3n) is 7.48. The van der Waals surface area contributed by atoms with Crippen LogP contribution in [-0.2, 0) is 26.0 Å². The molecule has 1 fully saturated rings. The van der Waals surface area contributed by atoms with Crippen LogP contribution >= 0.6 is 23.2 Å². The second-order valence-electron chi connectivity index (χ2n) is 11.2. The Morgan fingerprint density at radius 2 is 1.70 bits per heavy atom. The van der Waals surface area contributed by atoms with Gasteiger partial charge in [0, 0.05) is 38.7 Å². The summed E-state index contributed by atoms with van der Waals surface area (Å²) in [5.74, 6) is -1.36. The highest BCUT2D eigenvalue weighted by Gasteiger charge is 2.34. The van der Waals surface area contributed by atoms with Crippen LogP contribution in [0, 0.1) is 11.1 Å². The highest BCUT2D eigenvalue weighted by atomic mass is 35.5. The molecule has 11 nitrogen and oxygen atoms in total. The Kier molecular flexibility index (Phi) is 11.5. The SMILES string of the molecule is C[C@@H](C(=O)O[C@H](Cc1c(Cl)c[n+]([O-])cc1Cl)c1ccc(OC(F)F)c(OCC2CC2)c1)N(C)S(=O)(=O)c1cccc(C(=O)N(C)C)c1. The summed E-state index contributed by atoms with van der Waals surface area (Å²) >= 11 is 12.6. The van der Waals surface area contributed by atoms with Crippen LogP contribution in [0.4, 0.5) is 8.78 Å². The summed E-state index contributed by atoms with van der Waals surface area (Å²) in [4.78, 5) is 27.1. The number of amides is 1. The topological polar surface area (TPSA) is 129 Å². The zero-order valence-corrected chi connectivity index (χ0v) is 28.2. The summed E-state index contributed by atoms with van der Waals surface area (Å²) in [6.07, 6.45) is 2.59. The van der Waals surface area contributed by atoms with Crippen molar-refractivity contribution in [2.24, 2.45) is 5.92 Å². The third kappa shape index (κ3) is 9.01. The minimum atomic E-state index is -4.30. The molecule has 0 radical (unpaired) electrons. The van der Waals surface area contributed by atoms with Crippen molar-refractivity contribution in [3.8, 4) is 11.5 Å². The van der Waals surface area contributed by atoms with Crippen molar-refractivity contribution < 1.29 is 45.7 Å². The van der Waals surface area contributed by atoms with Gasteiger partial charge in [0.1, 0.15) is 22.2 Å². The van der Waals surface area contributed by atoms with Gasteiger partial charge in [0.15, 0.2) is 23.9 Å². The number of carbonyl (C=O) groups excluding carboxylic acids is 2. The van der Waals surface area contributed by atoms with Gasteiger partial charge in [0.25, 0.3) is 5.91 Å². The summed E-state index contributed by atoms with van der Waals surface area (Å²) in [5, 5.41) is 11.8. The van der Waals surface area contributed by atoms with Crippen LogP contribution in [0.2, 0.25) is 10.0 Å². The largest absolute Gasteiger partial charge is 0.619 e. The zero-order valence-electron chi connectivity index (χ0n) is 25.9. The molecule has 0 aliphatic heterocycles. The van der Waals surface area contributed by atoms with Gasteiger partial charge in [0.05, 0.1) is 11.5 Å². The van der Waals surface area contributed by atoms with E-state index in [1.54, 1.807) is 0 Å². The van der Waals surface area contributed by atoms with Crippen molar-refractivity contribution in [2.75, 3.05) is 27.7 Å². The lowest BCUT2D eigenvalue weighted by Crippen LogP contribution is -2.41. The number of hydrogen-bond donors (Lipinski definition) is 0.